The fourth-order valence-corrected chi connectivity index (χ4v) is 2.58. The van der Waals surface area contributed by atoms with Crippen LogP contribution in [0.3, 0.4) is 0 Å². The summed E-state index contributed by atoms with van der Waals surface area (Å²) >= 11 is 1.76. The first kappa shape index (κ1) is 10.6. The van der Waals surface area contributed by atoms with E-state index >= 15 is 0 Å². The molecule has 2 rings (SSSR count). The van der Waals surface area contributed by atoms with E-state index in [1.807, 2.05) is 0 Å². The molecule has 0 bridgehead atoms. The summed E-state index contributed by atoms with van der Waals surface area (Å²) in [6.07, 6.45) is 1.91. The molecule has 0 saturated carbocycles. The van der Waals surface area contributed by atoms with Gasteiger partial charge in [0.1, 0.15) is 0 Å². The van der Waals surface area contributed by atoms with Crippen molar-refractivity contribution in [3.8, 4) is 0 Å². The fraction of sp³-hybridized carbons (Fsp3) is 0.417. The first-order chi connectivity index (χ1) is 7.19. The van der Waals surface area contributed by atoms with Crippen LogP contribution in [-0.4, -0.2) is 11.0 Å². The van der Waals surface area contributed by atoms with Crippen LogP contribution >= 0.6 is 11.3 Å². The number of aromatic nitrogens is 1. The lowest BCUT2D eigenvalue weighted by Gasteiger charge is -2.03. The van der Waals surface area contributed by atoms with Crippen LogP contribution in [0.5, 0.6) is 0 Å². The molecule has 2 N–H and O–H groups in total. The number of nitrogens with two attached hydrogens (primary N) is 1. The van der Waals surface area contributed by atoms with Crippen LogP contribution in [0.2, 0.25) is 0 Å². The quantitative estimate of drug-likeness (QED) is 0.863. The molecule has 2 aromatic rings. The van der Waals surface area contributed by atoms with Gasteiger partial charge in [-0.25, -0.2) is 4.98 Å². The van der Waals surface area contributed by atoms with Crippen molar-refractivity contribution >= 4 is 21.6 Å². The fourth-order valence-electron chi connectivity index (χ4n) is 1.54. The van der Waals surface area contributed by atoms with Gasteiger partial charge >= 0.3 is 0 Å². The summed E-state index contributed by atoms with van der Waals surface area (Å²) in [5.41, 5.74) is 8.30. The van der Waals surface area contributed by atoms with Crippen LogP contribution in [0.25, 0.3) is 10.2 Å². The highest BCUT2D eigenvalue weighted by Crippen LogP contribution is 2.23. The van der Waals surface area contributed by atoms with Crippen LogP contribution in [0, 0.1) is 6.92 Å². The Morgan fingerprint density at radius 1 is 1.47 bits per heavy atom. The maximum atomic E-state index is 5.92. The maximum Gasteiger partial charge on any atom is 0.0954 e. The molecule has 3 heteroatoms. The number of rotatable bonds is 3. The molecule has 0 aliphatic rings. The van der Waals surface area contributed by atoms with E-state index in [4.69, 9.17) is 5.73 Å². The van der Waals surface area contributed by atoms with Crippen molar-refractivity contribution in [3.63, 3.8) is 0 Å². The van der Waals surface area contributed by atoms with Gasteiger partial charge < -0.3 is 5.73 Å². The van der Waals surface area contributed by atoms with Gasteiger partial charge in [-0.1, -0.05) is 13.0 Å². The van der Waals surface area contributed by atoms with E-state index in [2.05, 4.69) is 37.0 Å². The maximum absolute atomic E-state index is 5.92. The third-order valence-corrected chi connectivity index (χ3v) is 3.61. The smallest absolute Gasteiger partial charge is 0.0954 e. The van der Waals surface area contributed by atoms with Crippen molar-refractivity contribution in [2.24, 2.45) is 5.73 Å². The van der Waals surface area contributed by atoms with Gasteiger partial charge in [-0.3, -0.25) is 0 Å². The SMILES string of the molecule is CCC(N)Cc1nc2cc(C)ccc2s1. The second-order valence-electron chi connectivity index (χ2n) is 3.95. The first-order valence-corrected chi connectivity index (χ1v) is 6.12. The number of nitrogens with zero attached hydrogens (tertiary/aromatic N) is 1. The van der Waals surface area contributed by atoms with Gasteiger partial charge in [-0.05, 0) is 31.0 Å². The van der Waals surface area contributed by atoms with Crippen LogP contribution in [0.1, 0.15) is 23.9 Å². The van der Waals surface area contributed by atoms with Crippen molar-refractivity contribution in [2.75, 3.05) is 0 Å². The number of hydrogen-bond donors (Lipinski definition) is 1. The molecule has 0 spiro atoms. The molecule has 1 aromatic heterocycles. The summed E-state index contributed by atoms with van der Waals surface area (Å²) in [7, 11) is 0. The number of thiazole rings is 1. The second-order valence-corrected chi connectivity index (χ2v) is 5.07. The summed E-state index contributed by atoms with van der Waals surface area (Å²) in [5, 5.41) is 1.16. The molecule has 2 nitrogen and oxygen atoms in total. The summed E-state index contributed by atoms with van der Waals surface area (Å²) in [5.74, 6) is 0. The number of hydrogen-bond acceptors (Lipinski definition) is 3. The van der Waals surface area contributed by atoms with Crippen molar-refractivity contribution < 1.29 is 0 Å². The van der Waals surface area contributed by atoms with Crippen molar-refractivity contribution in [3.05, 3.63) is 28.8 Å². The molecule has 0 aliphatic heterocycles. The van der Waals surface area contributed by atoms with Gasteiger partial charge in [-0.15, -0.1) is 11.3 Å². The third kappa shape index (κ3) is 2.36. The van der Waals surface area contributed by atoms with Gasteiger partial charge in [0.15, 0.2) is 0 Å². The first-order valence-electron chi connectivity index (χ1n) is 5.30. The van der Waals surface area contributed by atoms with Gasteiger partial charge in [0.2, 0.25) is 0 Å². The molecule has 0 aliphatic carbocycles. The Balaban J connectivity index is 2.30. The van der Waals surface area contributed by atoms with Crippen LogP contribution in [0.15, 0.2) is 18.2 Å². The second kappa shape index (κ2) is 4.29. The minimum atomic E-state index is 0.242. The zero-order chi connectivity index (χ0) is 10.8. The highest BCUT2D eigenvalue weighted by atomic mass is 32.1. The van der Waals surface area contributed by atoms with E-state index in [9.17, 15) is 0 Å². The average Bonchev–Trinajstić information content (AvgIpc) is 2.59. The van der Waals surface area contributed by atoms with Gasteiger partial charge in [0, 0.05) is 12.5 Å². The molecule has 0 saturated heterocycles. The Hall–Kier alpha value is -0.930. The van der Waals surface area contributed by atoms with Crippen LogP contribution in [0.4, 0.5) is 0 Å². The molecule has 0 amide bonds. The molecule has 0 fully saturated rings. The monoisotopic (exact) mass is 220 g/mol. The number of fused-ring (bicyclic) bond motifs is 1. The largest absolute Gasteiger partial charge is 0.327 e. The Morgan fingerprint density at radius 3 is 3.00 bits per heavy atom. The summed E-state index contributed by atoms with van der Waals surface area (Å²) in [4.78, 5) is 4.60. The molecule has 15 heavy (non-hydrogen) atoms. The minimum Gasteiger partial charge on any atom is -0.327 e. The third-order valence-electron chi connectivity index (χ3n) is 2.55. The molecule has 1 unspecified atom stereocenters. The molecule has 0 radical (unpaired) electrons. The zero-order valence-corrected chi connectivity index (χ0v) is 9.97. The Kier molecular flexibility index (Phi) is 3.03. The molecular formula is C12H16N2S. The van der Waals surface area contributed by atoms with E-state index in [0.29, 0.717) is 0 Å². The summed E-state index contributed by atoms with van der Waals surface area (Å²) < 4.78 is 1.26. The van der Waals surface area contributed by atoms with Crippen molar-refractivity contribution in [1.82, 2.24) is 4.98 Å². The summed E-state index contributed by atoms with van der Waals surface area (Å²) in [6.45, 7) is 4.21. The lowest BCUT2D eigenvalue weighted by molar-refractivity contribution is 0.645. The standard InChI is InChI=1S/C12H16N2S/c1-3-9(13)7-12-14-10-6-8(2)4-5-11(10)15-12/h4-6,9H,3,7,13H2,1-2H3. The molecule has 1 heterocycles. The highest BCUT2D eigenvalue weighted by molar-refractivity contribution is 7.18. The Bertz CT molecular complexity index is 462. The molecule has 1 atom stereocenters. The lowest BCUT2D eigenvalue weighted by Crippen LogP contribution is -2.21. The predicted molar refractivity (Wildman–Crippen MR) is 66.3 cm³/mol. The topological polar surface area (TPSA) is 38.9 Å². The van der Waals surface area contributed by atoms with E-state index < -0.39 is 0 Å². The highest BCUT2D eigenvalue weighted by Gasteiger charge is 2.07. The summed E-state index contributed by atoms with van der Waals surface area (Å²) in [6, 6.07) is 6.65. The lowest BCUT2D eigenvalue weighted by atomic mass is 10.2. The molecule has 1 aromatic carbocycles. The van der Waals surface area contributed by atoms with E-state index in [1.54, 1.807) is 11.3 Å². The number of benzene rings is 1. The molecular weight excluding hydrogens is 204 g/mol. The van der Waals surface area contributed by atoms with Crippen molar-refractivity contribution in [2.45, 2.75) is 32.7 Å². The van der Waals surface area contributed by atoms with E-state index in [0.717, 1.165) is 23.4 Å². The number of aryl methyl sites for hydroxylation is 1. The van der Waals surface area contributed by atoms with Crippen LogP contribution < -0.4 is 5.73 Å². The van der Waals surface area contributed by atoms with Gasteiger partial charge in [0.25, 0.3) is 0 Å². The Labute approximate surface area is 94.1 Å². The Morgan fingerprint density at radius 2 is 2.27 bits per heavy atom. The zero-order valence-electron chi connectivity index (χ0n) is 9.16. The molecule has 80 valence electrons. The van der Waals surface area contributed by atoms with E-state index in [-0.39, 0.29) is 6.04 Å². The predicted octanol–water partition coefficient (Wildman–Crippen LogP) is 2.88. The van der Waals surface area contributed by atoms with E-state index in [1.165, 1.54) is 10.3 Å². The minimum absolute atomic E-state index is 0.242. The van der Waals surface area contributed by atoms with Gasteiger partial charge in [-0.2, -0.15) is 0 Å². The normalized spacial score (nSPS) is 13.3. The van der Waals surface area contributed by atoms with Crippen LogP contribution in [-0.2, 0) is 6.42 Å². The average molecular weight is 220 g/mol. The van der Waals surface area contributed by atoms with Crippen molar-refractivity contribution in [1.29, 1.82) is 0 Å². The van der Waals surface area contributed by atoms with Gasteiger partial charge in [0.05, 0.1) is 15.2 Å².